The van der Waals surface area contributed by atoms with Crippen molar-refractivity contribution < 1.29 is 10.3 Å². The van der Waals surface area contributed by atoms with Gasteiger partial charge in [-0.25, -0.2) is 4.39 Å². The maximum atomic E-state index is 14.0. The van der Waals surface area contributed by atoms with E-state index < -0.39 is 0 Å². The zero-order valence-corrected chi connectivity index (χ0v) is 17.4. The number of rotatable bonds is 1. The Labute approximate surface area is 167 Å². The number of fused-ring (bicyclic) bond motifs is 2. The molecule has 1 aromatic heterocycles. The van der Waals surface area contributed by atoms with Gasteiger partial charge in [-0.1, -0.05) is 45.0 Å². The maximum absolute atomic E-state index is 14.0. The van der Waals surface area contributed by atoms with Gasteiger partial charge >= 0.3 is 0 Å². The van der Waals surface area contributed by atoms with E-state index in [1.807, 2.05) is 20.0 Å². The second-order valence-electron chi connectivity index (χ2n) is 8.70. The van der Waals surface area contributed by atoms with Crippen LogP contribution in [0.25, 0.3) is 32.8 Å². The quantitative estimate of drug-likeness (QED) is 0.334. The number of aromatic nitrogens is 1. The van der Waals surface area contributed by atoms with Gasteiger partial charge in [0.05, 0.1) is 12.3 Å². The van der Waals surface area contributed by atoms with Crippen LogP contribution in [0.2, 0.25) is 0 Å². The van der Waals surface area contributed by atoms with E-state index in [1.54, 1.807) is 0 Å². The summed E-state index contributed by atoms with van der Waals surface area (Å²) in [6, 6.07) is 16.0. The summed E-state index contributed by atoms with van der Waals surface area (Å²) < 4.78 is 24.6. The number of hydrogen-bond donors (Lipinski definition) is 0. The lowest BCUT2D eigenvalue weighted by molar-refractivity contribution is -0.665. The predicted octanol–water partition coefficient (Wildman–Crippen LogP) is 6.54. The average molecular weight is 374 g/mol. The largest absolute Gasteiger partial charge is 0.220 e. The highest BCUT2D eigenvalue weighted by Crippen LogP contribution is 2.38. The Morgan fingerprint density at radius 2 is 1.61 bits per heavy atom. The minimum Gasteiger partial charge on any atom is -0.207 e. The van der Waals surface area contributed by atoms with Crippen molar-refractivity contribution in [2.75, 3.05) is 0 Å². The topological polar surface area (TPSA) is 3.88 Å². The van der Waals surface area contributed by atoms with Crippen molar-refractivity contribution in [2.24, 2.45) is 7.05 Å². The van der Waals surface area contributed by atoms with Crippen LogP contribution < -0.4 is 4.57 Å². The minimum atomic E-state index is -0.309. The molecule has 4 aromatic rings. The third-order valence-corrected chi connectivity index (χ3v) is 5.77. The summed E-state index contributed by atoms with van der Waals surface area (Å²) in [7, 11) is 2.00. The van der Waals surface area contributed by atoms with Crippen molar-refractivity contribution in [3.63, 3.8) is 0 Å². The molecule has 142 valence electrons. The summed E-state index contributed by atoms with van der Waals surface area (Å²) in [5, 5.41) is 4.06. The minimum absolute atomic E-state index is 0.0209. The first kappa shape index (κ1) is 17.4. The van der Waals surface area contributed by atoms with Crippen LogP contribution in [0, 0.1) is 19.7 Å². The van der Waals surface area contributed by atoms with Crippen molar-refractivity contribution in [3.8, 4) is 11.3 Å². The molecule has 0 saturated carbocycles. The fourth-order valence-electron chi connectivity index (χ4n) is 4.17. The molecule has 0 aliphatic carbocycles. The van der Waals surface area contributed by atoms with Gasteiger partial charge in [-0.2, -0.15) is 4.57 Å². The van der Waals surface area contributed by atoms with Crippen LogP contribution in [0.1, 0.15) is 39.0 Å². The highest BCUT2D eigenvalue weighted by molar-refractivity contribution is 5.99. The van der Waals surface area contributed by atoms with Gasteiger partial charge in [0.25, 0.3) is 0 Å². The first-order valence-corrected chi connectivity index (χ1v) is 9.73. The van der Waals surface area contributed by atoms with Crippen molar-refractivity contribution in [2.45, 2.75) is 40.0 Å². The highest BCUT2D eigenvalue weighted by Gasteiger charge is 2.25. The van der Waals surface area contributed by atoms with E-state index in [0.717, 1.165) is 22.3 Å². The Balaban J connectivity index is 2.22. The molecule has 0 saturated heterocycles. The summed E-state index contributed by atoms with van der Waals surface area (Å²) in [5.41, 5.74) is 5.46. The molecule has 1 heterocycles. The normalized spacial score (nSPS) is 12.6. The number of hydrogen-bond acceptors (Lipinski definition) is 0. The molecule has 3 aromatic carbocycles. The van der Waals surface area contributed by atoms with E-state index in [2.05, 4.69) is 62.6 Å². The summed E-state index contributed by atoms with van der Waals surface area (Å²) in [4.78, 5) is 0. The number of halogens is 1. The molecule has 0 N–H and O–H groups in total. The van der Waals surface area contributed by atoms with Crippen LogP contribution in [-0.2, 0) is 12.5 Å². The molecular weight excluding hydrogens is 345 g/mol. The van der Waals surface area contributed by atoms with Gasteiger partial charge < -0.3 is 0 Å². The van der Waals surface area contributed by atoms with E-state index in [4.69, 9.17) is 1.37 Å². The average Bonchev–Trinajstić information content (AvgIpc) is 2.67. The highest BCUT2D eigenvalue weighted by atomic mass is 19.1. The Morgan fingerprint density at radius 3 is 2.29 bits per heavy atom. The van der Waals surface area contributed by atoms with Crippen LogP contribution in [0.15, 0.2) is 54.6 Å². The van der Waals surface area contributed by atoms with Gasteiger partial charge in [0.15, 0.2) is 5.69 Å². The fraction of sp³-hybridized carbons (Fsp3) is 0.269. The molecule has 2 heteroatoms. The number of pyridine rings is 1. The van der Waals surface area contributed by atoms with Crippen LogP contribution in [0.3, 0.4) is 0 Å². The van der Waals surface area contributed by atoms with Crippen LogP contribution in [0.4, 0.5) is 4.39 Å². The molecule has 0 aliphatic heterocycles. The summed E-state index contributed by atoms with van der Waals surface area (Å²) in [6.45, 7) is 10.8. The van der Waals surface area contributed by atoms with E-state index in [1.165, 1.54) is 34.0 Å². The van der Waals surface area contributed by atoms with Crippen molar-refractivity contribution in [3.05, 3.63) is 77.2 Å². The molecule has 0 radical (unpaired) electrons. The van der Waals surface area contributed by atoms with E-state index in [9.17, 15) is 4.39 Å². The molecule has 0 atom stereocenters. The Kier molecular flexibility index (Phi) is 3.97. The molecule has 0 unspecified atom stereocenters. The second-order valence-corrected chi connectivity index (χ2v) is 8.70. The molecule has 1 nitrogen and oxygen atoms in total. The van der Waals surface area contributed by atoms with Crippen molar-refractivity contribution in [1.29, 1.82) is 0 Å². The van der Waals surface area contributed by atoms with Gasteiger partial charge in [-0.3, -0.25) is 0 Å². The molecular formula is C26H27FN+. The number of benzene rings is 3. The zero-order chi connectivity index (χ0) is 21.1. The third-order valence-electron chi connectivity index (χ3n) is 5.77. The number of nitrogens with zero attached hydrogens (tertiary/aromatic N) is 1. The number of aryl methyl sites for hydroxylation is 1. The zero-order valence-electron chi connectivity index (χ0n) is 18.4. The van der Waals surface area contributed by atoms with Gasteiger partial charge in [0, 0.05) is 13.0 Å². The summed E-state index contributed by atoms with van der Waals surface area (Å²) in [5.74, 6) is -0.309. The monoisotopic (exact) mass is 373 g/mol. The summed E-state index contributed by atoms with van der Waals surface area (Å²) >= 11 is 0. The van der Waals surface area contributed by atoms with Gasteiger partial charge in [0.1, 0.15) is 12.9 Å². The summed E-state index contributed by atoms with van der Waals surface area (Å²) in [6.07, 6.45) is 0. The molecule has 0 fully saturated rings. The fourth-order valence-corrected chi connectivity index (χ4v) is 4.17. The lowest BCUT2D eigenvalue weighted by atomic mass is 9.80. The van der Waals surface area contributed by atoms with E-state index in [0.29, 0.717) is 11.4 Å². The van der Waals surface area contributed by atoms with Crippen LogP contribution in [0.5, 0.6) is 0 Å². The lowest BCUT2D eigenvalue weighted by Gasteiger charge is -2.24. The standard InChI is InChI=1S/C26H27FN/c1-16-13-18-14-19(27)11-12-21(18)25(28(16)6)23-15-24(26(3,4)5)22-10-8-7-9-20(22)17(23)2/h7-15H,1-6H3/q+1/i13D. The molecule has 28 heavy (non-hydrogen) atoms. The van der Waals surface area contributed by atoms with Crippen molar-refractivity contribution in [1.82, 2.24) is 0 Å². The first-order chi connectivity index (χ1) is 13.6. The third kappa shape index (κ3) is 2.88. The Hall–Kier alpha value is -2.74. The maximum Gasteiger partial charge on any atom is 0.220 e. The molecule has 0 amide bonds. The Bertz CT molecular complexity index is 1280. The Morgan fingerprint density at radius 1 is 0.929 bits per heavy atom. The molecule has 0 spiro atoms. The molecule has 0 aliphatic rings. The van der Waals surface area contributed by atoms with E-state index >= 15 is 0 Å². The molecule has 0 bridgehead atoms. The van der Waals surface area contributed by atoms with Crippen LogP contribution >= 0.6 is 0 Å². The van der Waals surface area contributed by atoms with Crippen molar-refractivity contribution >= 4 is 21.5 Å². The van der Waals surface area contributed by atoms with Gasteiger partial charge in [0.2, 0.25) is 5.69 Å². The first-order valence-electron chi connectivity index (χ1n) is 10.2. The smallest absolute Gasteiger partial charge is 0.207 e. The second kappa shape index (κ2) is 6.41. The lowest BCUT2D eigenvalue weighted by Crippen LogP contribution is -2.35. The van der Waals surface area contributed by atoms with Crippen LogP contribution in [-0.4, -0.2) is 0 Å². The predicted molar refractivity (Wildman–Crippen MR) is 116 cm³/mol. The van der Waals surface area contributed by atoms with Gasteiger partial charge in [-0.05, 0) is 63.9 Å². The van der Waals surface area contributed by atoms with E-state index in [-0.39, 0.29) is 11.2 Å². The molecule has 4 rings (SSSR count). The van der Waals surface area contributed by atoms with Gasteiger partial charge in [-0.15, -0.1) is 0 Å². The SMILES string of the molecule is [2H]c1c(C)[n+](C)c(-c2cc(C(C)(C)C)c3ccccc3c2C)c2ccc(F)cc12.